The Bertz CT molecular complexity index is 1450. The van der Waals surface area contributed by atoms with Gasteiger partial charge in [0.05, 0.1) is 17.7 Å². The molecule has 1 saturated carbocycles. The summed E-state index contributed by atoms with van der Waals surface area (Å²) in [6.45, 7) is 0.174. The number of pyridine rings is 1. The third kappa shape index (κ3) is 5.18. The van der Waals surface area contributed by atoms with Crippen molar-refractivity contribution < 1.29 is 14.4 Å². The lowest BCUT2D eigenvalue weighted by molar-refractivity contribution is -0.126. The van der Waals surface area contributed by atoms with E-state index in [0.29, 0.717) is 5.56 Å². The molecule has 0 spiro atoms. The van der Waals surface area contributed by atoms with Crippen molar-refractivity contribution in [3.63, 3.8) is 0 Å². The Morgan fingerprint density at radius 3 is 2.65 bits per heavy atom. The molecule has 9 nitrogen and oxygen atoms in total. The minimum absolute atomic E-state index is 0.0609. The molecule has 3 heterocycles. The summed E-state index contributed by atoms with van der Waals surface area (Å²) in [5, 5.41) is 5.94. The number of hydrogen-bond donors (Lipinski definition) is 3. The highest BCUT2D eigenvalue weighted by Gasteiger charge is 2.36. The molecule has 0 aliphatic heterocycles. The number of aromatic nitrogens is 2. The van der Waals surface area contributed by atoms with Gasteiger partial charge in [0.2, 0.25) is 5.91 Å². The number of nitrogens with one attached hydrogen (secondary N) is 1. The van der Waals surface area contributed by atoms with Crippen LogP contribution in [0, 0.1) is 0 Å². The maximum atomic E-state index is 14.0. The van der Waals surface area contributed by atoms with Crippen LogP contribution in [0.5, 0.6) is 0 Å². The van der Waals surface area contributed by atoms with Crippen LogP contribution in [-0.4, -0.2) is 38.0 Å². The monoisotopic (exact) mass is 534 g/mol. The number of anilines is 1. The topological polar surface area (TPSA) is 144 Å². The van der Waals surface area contributed by atoms with E-state index >= 15 is 0 Å². The Labute approximate surface area is 221 Å². The maximum absolute atomic E-state index is 14.0. The van der Waals surface area contributed by atoms with Gasteiger partial charge in [0.15, 0.2) is 5.69 Å². The molecular weight excluding hydrogens is 508 g/mol. The summed E-state index contributed by atoms with van der Waals surface area (Å²) in [6.07, 6.45) is 5.64. The van der Waals surface area contributed by atoms with Crippen LogP contribution < -0.4 is 16.8 Å². The quantitative estimate of drug-likeness (QED) is 0.313. The van der Waals surface area contributed by atoms with Crippen LogP contribution >= 0.6 is 22.9 Å². The zero-order chi connectivity index (χ0) is 25.9. The first-order valence-electron chi connectivity index (χ1n) is 12.0. The number of nitrogens with two attached hydrogens (primary N) is 2. The van der Waals surface area contributed by atoms with E-state index in [-0.39, 0.29) is 34.8 Å². The van der Waals surface area contributed by atoms with Gasteiger partial charge < -0.3 is 21.7 Å². The number of hydrogen-bond acceptors (Lipinski definition) is 8. The summed E-state index contributed by atoms with van der Waals surface area (Å²) in [7, 11) is 0. The Hall–Kier alpha value is -3.83. The molecule has 1 aromatic carbocycles. The first kappa shape index (κ1) is 24.8. The molecule has 1 fully saturated rings. The van der Waals surface area contributed by atoms with E-state index in [4.69, 9.17) is 11.5 Å². The van der Waals surface area contributed by atoms with E-state index in [2.05, 4.69) is 14.7 Å². The highest BCUT2D eigenvalue weighted by Crippen LogP contribution is 2.32. The van der Waals surface area contributed by atoms with E-state index < -0.39 is 17.9 Å². The Morgan fingerprint density at radius 2 is 1.95 bits per heavy atom. The minimum atomic E-state index is -0.946. The molecule has 3 amide bonds. The van der Waals surface area contributed by atoms with Gasteiger partial charge in [-0.2, -0.15) is 4.37 Å². The molecule has 1 atom stereocenters. The molecular formula is C26H26N6O3S2. The van der Waals surface area contributed by atoms with Crippen LogP contribution in [-0.2, 0) is 11.3 Å². The third-order valence-electron chi connectivity index (χ3n) is 6.53. The molecule has 1 aliphatic carbocycles. The van der Waals surface area contributed by atoms with E-state index in [0.717, 1.165) is 53.0 Å². The average Bonchev–Trinajstić information content (AvgIpc) is 3.66. The fourth-order valence-corrected chi connectivity index (χ4v) is 6.16. The van der Waals surface area contributed by atoms with E-state index in [9.17, 15) is 14.4 Å². The molecule has 5 N–H and O–H groups in total. The first-order valence-corrected chi connectivity index (χ1v) is 13.6. The van der Waals surface area contributed by atoms with Gasteiger partial charge in [0, 0.05) is 22.5 Å². The summed E-state index contributed by atoms with van der Waals surface area (Å²) in [4.78, 5) is 46.5. The first-order chi connectivity index (χ1) is 17.9. The van der Waals surface area contributed by atoms with Crippen LogP contribution in [0.1, 0.15) is 62.3 Å². The molecule has 0 unspecified atom stereocenters. The normalized spacial score (nSPS) is 14.5. The van der Waals surface area contributed by atoms with Gasteiger partial charge in [0.1, 0.15) is 10.9 Å². The average molecular weight is 535 g/mol. The number of carbonyl (C=O) groups is 3. The van der Waals surface area contributed by atoms with Gasteiger partial charge in [-0.3, -0.25) is 19.4 Å². The lowest BCUT2D eigenvalue weighted by Gasteiger charge is -2.32. The van der Waals surface area contributed by atoms with Crippen LogP contribution in [0.2, 0.25) is 0 Å². The molecule has 0 saturated heterocycles. The fourth-order valence-electron chi connectivity index (χ4n) is 4.70. The predicted octanol–water partition coefficient (Wildman–Crippen LogP) is 3.88. The van der Waals surface area contributed by atoms with Gasteiger partial charge in [-0.15, -0.1) is 11.3 Å². The number of fused-ring (bicyclic) bond motifs is 1. The number of primary amides is 1. The second kappa shape index (κ2) is 10.7. The zero-order valence-corrected chi connectivity index (χ0v) is 21.6. The SMILES string of the molecule is NC(=O)c1nsc(C(=O)N(Cc2cccs2)[C@H](C(=O)NC2CCCC2)c2ccc3ncccc3c2)c1N. The fraction of sp³-hybridized carbons (Fsp3) is 0.269. The summed E-state index contributed by atoms with van der Waals surface area (Å²) >= 11 is 2.29. The molecule has 3 aromatic heterocycles. The highest BCUT2D eigenvalue weighted by molar-refractivity contribution is 7.10. The standard InChI is InChI=1S/C26H26N6O3S2/c27-20-21(24(28)33)31-37-23(20)26(35)32(14-18-8-4-12-36-18)22(25(34)30-17-6-1-2-7-17)16-9-10-19-15(13-16)5-3-11-29-19/h3-5,8-13,17,22H,1-2,6-7,14,27H2,(H2,28,33)(H,30,34)/t22-/m0/s1. The van der Waals surface area contributed by atoms with E-state index in [1.54, 1.807) is 6.20 Å². The van der Waals surface area contributed by atoms with E-state index in [1.807, 2.05) is 47.8 Å². The molecule has 37 heavy (non-hydrogen) atoms. The number of thiophene rings is 1. The van der Waals surface area contributed by atoms with Crippen molar-refractivity contribution in [1.82, 2.24) is 19.6 Å². The molecule has 190 valence electrons. The van der Waals surface area contributed by atoms with Crippen molar-refractivity contribution in [2.75, 3.05) is 5.73 Å². The van der Waals surface area contributed by atoms with Gasteiger partial charge in [0.25, 0.3) is 11.8 Å². The van der Waals surface area contributed by atoms with E-state index in [1.165, 1.54) is 16.2 Å². The van der Waals surface area contributed by atoms with Crippen molar-refractivity contribution in [2.24, 2.45) is 5.73 Å². The predicted molar refractivity (Wildman–Crippen MR) is 144 cm³/mol. The summed E-state index contributed by atoms with van der Waals surface area (Å²) in [5.74, 6) is -1.57. The number of benzene rings is 1. The lowest BCUT2D eigenvalue weighted by atomic mass is 10.0. The van der Waals surface area contributed by atoms with Crippen molar-refractivity contribution in [3.8, 4) is 0 Å². The lowest BCUT2D eigenvalue weighted by Crippen LogP contribution is -2.45. The van der Waals surface area contributed by atoms with Crippen LogP contribution in [0.4, 0.5) is 5.69 Å². The molecule has 0 radical (unpaired) electrons. The number of nitrogen functional groups attached to an aromatic ring is 1. The Balaban J connectivity index is 1.61. The second-order valence-electron chi connectivity index (χ2n) is 9.00. The van der Waals surface area contributed by atoms with Crippen LogP contribution in [0.25, 0.3) is 10.9 Å². The van der Waals surface area contributed by atoms with Crippen LogP contribution in [0.15, 0.2) is 54.0 Å². The smallest absolute Gasteiger partial charge is 0.270 e. The van der Waals surface area contributed by atoms with Crippen molar-refractivity contribution in [1.29, 1.82) is 0 Å². The molecule has 5 rings (SSSR count). The Kier molecular flexibility index (Phi) is 7.15. The van der Waals surface area contributed by atoms with Gasteiger partial charge >= 0.3 is 0 Å². The number of rotatable bonds is 8. The summed E-state index contributed by atoms with van der Waals surface area (Å²) in [6, 6.07) is 12.2. The van der Waals surface area contributed by atoms with Crippen LogP contribution in [0.3, 0.4) is 0 Å². The number of amides is 3. The van der Waals surface area contributed by atoms with Gasteiger partial charge in [-0.05, 0) is 59.6 Å². The summed E-state index contributed by atoms with van der Waals surface area (Å²) in [5.41, 5.74) is 12.7. The second-order valence-corrected chi connectivity index (χ2v) is 10.8. The molecule has 0 bridgehead atoms. The Morgan fingerprint density at radius 1 is 1.14 bits per heavy atom. The maximum Gasteiger partial charge on any atom is 0.270 e. The largest absolute Gasteiger partial charge is 0.395 e. The minimum Gasteiger partial charge on any atom is -0.395 e. The number of nitrogens with zero attached hydrogens (tertiary/aromatic N) is 3. The summed E-state index contributed by atoms with van der Waals surface area (Å²) < 4.78 is 4.01. The van der Waals surface area contributed by atoms with Crippen molar-refractivity contribution >= 4 is 57.2 Å². The zero-order valence-electron chi connectivity index (χ0n) is 19.9. The van der Waals surface area contributed by atoms with Gasteiger partial charge in [-0.25, -0.2) is 0 Å². The van der Waals surface area contributed by atoms with Crippen molar-refractivity contribution in [3.05, 3.63) is 75.1 Å². The molecule has 11 heteroatoms. The third-order valence-corrected chi connectivity index (χ3v) is 8.24. The van der Waals surface area contributed by atoms with Crippen molar-refractivity contribution in [2.45, 2.75) is 44.3 Å². The molecule has 1 aliphatic rings. The number of carbonyl (C=O) groups excluding carboxylic acids is 3. The highest BCUT2D eigenvalue weighted by atomic mass is 32.1. The molecule has 4 aromatic rings. The van der Waals surface area contributed by atoms with Gasteiger partial charge in [-0.1, -0.05) is 31.0 Å².